The van der Waals surface area contributed by atoms with Crippen molar-refractivity contribution in [1.82, 2.24) is 9.21 Å². The lowest BCUT2D eigenvalue weighted by Gasteiger charge is -2.23. The zero-order valence-corrected chi connectivity index (χ0v) is 13.0. The summed E-state index contributed by atoms with van der Waals surface area (Å²) in [6.07, 6.45) is 0. The Balaban J connectivity index is 2.20. The average molecular weight is 320 g/mol. The molecule has 2 rings (SSSR count). The monoisotopic (exact) mass is 320 g/mol. The Hall–Kier alpha value is -1.42. The van der Waals surface area contributed by atoms with Gasteiger partial charge in [0.15, 0.2) is 5.03 Å². The van der Waals surface area contributed by atoms with Crippen LogP contribution in [0.1, 0.15) is 13.8 Å². The van der Waals surface area contributed by atoms with Crippen LogP contribution in [0.3, 0.4) is 0 Å². The van der Waals surface area contributed by atoms with Crippen molar-refractivity contribution in [2.75, 3.05) is 38.6 Å². The number of hydrogen-bond acceptors (Lipinski definition) is 5. The van der Waals surface area contributed by atoms with Gasteiger partial charge in [0.25, 0.3) is 5.96 Å². The highest BCUT2D eigenvalue weighted by atomic mass is 32.2. The number of ether oxygens (including phenoxy) is 1. The number of sulfonamides is 1. The molecule has 9 nitrogen and oxygen atoms in total. The maximum Gasteiger partial charge on any atom is 0.287 e. The number of nitro groups is 1. The number of hydrogen-bond donors (Lipinski definition) is 0. The first-order valence-corrected chi connectivity index (χ1v) is 8.52. The fourth-order valence-corrected chi connectivity index (χ4v) is 3.64. The summed E-state index contributed by atoms with van der Waals surface area (Å²) in [4.78, 5) is 12.4. The van der Waals surface area contributed by atoms with Gasteiger partial charge in [0, 0.05) is 25.6 Å². The van der Waals surface area contributed by atoms with Crippen LogP contribution in [0, 0.1) is 22.0 Å². The van der Waals surface area contributed by atoms with E-state index in [1.54, 1.807) is 4.90 Å². The highest BCUT2D eigenvalue weighted by Crippen LogP contribution is 2.24. The first-order chi connectivity index (χ1) is 9.85. The quantitative estimate of drug-likeness (QED) is 0.512. The maximum atomic E-state index is 12.0. The molecule has 2 heterocycles. The minimum atomic E-state index is -3.55. The summed E-state index contributed by atoms with van der Waals surface area (Å²) in [5.41, 5.74) is 0. The average Bonchev–Trinajstić information content (AvgIpc) is 2.98. The van der Waals surface area contributed by atoms with Gasteiger partial charge in [-0.3, -0.25) is 0 Å². The van der Waals surface area contributed by atoms with Crippen molar-refractivity contribution in [2.24, 2.45) is 16.9 Å². The standard InChI is InChI=1S/C11H20N4O5S/c1-3-21(18,19)14-5-4-13(11(14)12-15(16)17)6-10-8-20-7-9(10)2/h9-10H,3-8H2,1-2H3. The van der Waals surface area contributed by atoms with Crippen LogP contribution in [0.15, 0.2) is 5.10 Å². The minimum Gasteiger partial charge on any atom is -0.381 e. The Morgan fingerprint density at radius 2 is 2.14 bits per heavy atom. The summed E-state index contributed by atoms with van der Waals surface area (Å²) in [5.74, 6) is 0.381. The van der Waals surface area contributed by atoms with Gasteiger partial charge in [-0.15, -0.1) is 0 Å². The zero-order chi connectivity index (χ0) is 15.6. The molecule has 0 aromatic heterocycles. The summed E-state index contributed by atoms with van der Waals surface area (Å²) in [6, 6.07) is 0. The summed E-state index contributed by atoms with van der Waals surface area (Å²) in [7, 11) is -3.55. The Morgan fingerprint density at radius 1 is 1.43 bits per heavy atom. The molecule has 0 N–H and O–H groups in total. The highest BCUT2D eigenvalue weighted by molar-refractivity contribution is 7.89. The van der Waals surface area contributed by atoms with Crippen LogP contribution in [0.25, 0.3) is 0 Å². The zero-order valence-electron chi connectivity index (χ0n) is 12.1. The van der Waals surface area contributed by atoms with Crippen molar-refractivity contribution in [3.63, 3.8) is 0 Å². The summed E-state index contributed by atoms with van der Waals surface area (Å²) in [5, 5.41) is 13.2. The number of hydrazone groups is 1. The molecular formula is C11H20N4O5S. The van der Waals surface area contributed by atoms with Gasteiger partial charge in [0.05, 0.1) is 18.9 Å². The Morgan fingerprint density at radius 3 is 2.67 bits per heavy atom. The van der Waals surface area contributed by atoms with Gasteiger partial charge in [-0.2, -0.15) is 0 Å². The van der Waals surface area contributed by atoms with Crippen LogP contribution in [0.2, 0.25) is 0 Å². The van der Waals surface area contributed by atoms with E-state index >= 15 is 0 Å². The Kier molecular flexibility index (Phi) is 4.67. The normalized spacial score (nSPS) is 28.6. The molecule has 120 valence electrons. The molecule has 2 fully saturated rings. The first-order valence-electron chi connectivity index (χ1n) is 6.91. The Bertz CT molecular complexity index is 535. The second-order valence-corrected chi connectivity index (χ2v) is 7.51. The van der Waals surface area contributed by atoms with E-state index in [9.17, 15) is 18.5 Å². The molecule has 0 aromatic rings. The topological polar surface area (TPSA) is 105 Å². The van der Waals surface area contributed by atoms with Crippen molar-refractivity contribution in [3.05, 3.63) is 10.1 Å². The van der Waals surface area contributed by atoms with Crippen molar-refractivity contribution in [2.45, 2.75) is 13.8 Å². The van der Waals surface area contributed by atoms with E-state index in [1.807, 2.05) is 0 Å². The molecule has 21 heavy (non-hydrogen) atoms. The van der Waals surface area contributed by atoms with E-state index in [0.29, 0.717) is 32.2 Å². The van der Waals surface area contributed by atoms with Crippen molar-refractivity contribution in [1.29, 1.82) is 0 Å². The summed E-state index contributed by atoms with van der Waals surface area (Å²) >= 11 is 0. The fourth-order valence-electron chi connectivity index (χ4n) is 2.57. The van der Waals surface area contributed by atoms with Crippen LogP contribution in [-0.2, 0) is 14.8 Å². The van der Waals surface area contributed by atoms with E-state index in [4.69, 9.17) is 4.74 Å². The molecule has 2 atom stereocenters. The van der Waals surface area contributed by atoms with Gasteiger partial charge in [-0.1, -0.05) is 6.92 Å². The van der Waals surface area contributed by atoms with E-state index in [1.165, 1.54) is 6.92 Å². The Labute approximate surface area is 123 Å². The molecule has 0 bridgehead atoms. The van der Waals surface area contributed by atoms with Crippen molar-refractivity contribution < 1.29 is 18.2 Å². The number of rotatable bonds is 5. The molecule has 2 aliphatic rings. The van der Waals surface area contributed by atoms with Gasteiger partial charge in [-0.25, -0.2) is 22.8 Å². The van der Waals surface area contributed by atoms with Crippen LogP contribution >= 0.6 is 0 Å². The lowest BCUT2D eigenvalue weighted by Crippen LogP contribution is -2.41. The third-order valence-electron chi connectivity index (χ3n) is 3.92. The number of guanidine groups is 1. The van der Waals surface area contributed by atoms with Crippen molar-refractivity contribution >= 4 is 16.0 Å². The number of nitrogens with zero attached hydrogens (tertiary/aromatic N) is 4. The molecule has 2 saturated heterocycles. The second kappa shape index (κ2) is 6.14. The predicted molar refractivity (Wildman–Crippen MR) is 75.6 cm³/mol. The SMILES string of the molecule is CCS(=O)(=O)N1CCN(CC2COCC2C)C1=N[N+](=O)[O-]. The van der Waals surface area contributed by atoms with Crippen LogP contribution in [-0.4, -0.2) is 67.2 Å². The third kappa shape index (κ3) is 3.43. The van der Waals surface area contributed by atoms with Gasteiger partial charge in [0.1, 0.15) is 5.10 Å². The largest absolute Gasteiger partial charge is 0.381 e. The van der Waals surface area contributed by atoms with E-state index in [0.717, 1.165) is 4.31 Å². The highest BCUT2D eigenvalue weighted by Gasteiger charge is 2.39. The van der Waals surface area contributed by atoms with Gasteiger partial charge < -0.3 is 9.64 Å². The molecule has 0 aromatic carbocycles. The molecule has 2 unspecified atom stereocenters. The predicted octanol–water partition coefficient (Wildman–Crippen LogP) is -0.216. The van der Waals surface area contributed by atoms with Crippen LogP contribution in [0.4, 0.5) is 0 Å². The third-order valence-corrected chi connectivity index (χ3v) is 5.67. The van der Waals surface area contributed by atoms with Crippen LogP contribution in [0.5, 0.6) is 0 Å². The molecule has 0 radical (unpaired) electrons. The van der Waals surface area contributed by atoms with Gasteiger partial charge in [0.2, 0.25) is 10.0 Å². The van der Waals surface area contributed by atoms with Gasteiger partial charge in [-0.05, 0) is 12.8 Å². The summed E-state index contributed by atoms with van der Waals surface area (Å²) in [6.45, 7) is 5.94. The fraction of sp³-hybridized carbons (Fsp3) is 0.909. The minimum absolute atomic E-state index is 0.0825. The lowest BCUT2D eigenvalue weighted by molar-refractivity contribution is -0.486. The maximum absolute atomic E-state index is 12.0. The smallest absolute Gasteiger partial charge is 0.287 e. The van der Waals surface area contributed by atoms with E-state index < -0.39 is 15.1 Å². The lowest BCUT2D eigenvalue weighted by atomic mass is 9.98. The molecule has 0 aliphatic carbocycles. The molecule has 0 spiro atoms. The molecule has 2 aliphatic heterocycles. The second-order valence-electron chi connectivity index (χ2n) is 5.33. The molecule has 0 saturated carbocycles. The molecule has 0 amide bonds. The van der Waals surface area contributed by atoms with E-state index in [-0.39, 0.29) is 24.2 Å². The molecular weight excluding hydrogens is 300 g/mol. The summed E-state index contributed by atoms with van der Waals surface area (Å²) < 4.78 is 30.4. The molecule has 10 heteroatoms. The van der Waals surface area contributed by atoms with Crippen molar-refractivity contribution in [3.8, 4) is 0 Å². The van der Waals surface area contributed by atoms with Gasteiger partial charge >= 0.3 is 0 Å². The van der Waals surface area contributed by atoms with E-state index in [2.05, 4.69) is 12.0 Å². The van der Waals surface area contributed by atoms with Crippen LogP contribution < -0.4 is 0 Å². The first kappa shape index (κ1) is 16.0.